The molecule has 0 aliphatic heterocycles. The van der Waals surface area contributed by atoms with Crippen molar-refractivity contribution < 1.29 is 0 Å². The summed E-state index contributed by atoms with van der Waals surface area (Å²) in [7, 11) is 0. The van der Waals surface area contributed by atoms with Crippen molar-refractivity contribution in [3.8, 4) is 0 Å². The van der Waals surface area contributed by atoms with E-state index in [4.69, 9.17) is 0 Å². The zero-order valence-corrected chi connectivity index (χ0v) is 3.81. The Balaban J connectivity index is 2.34. The molecule has 32 valence electrons. The molecule has 0 N–H and O–H groups in total. The van der Waals surface area contributed by atoms with Gasteiger partial charge in [0.15, 0.2) is 0 Å². The van der Waals surface area contributed by atoms with Gasteiger partial charge in [-0.05, 0) is 6.92 Å². The van der Waals surface area contributed by atoms with Crippen LogP contribution in [0.25, 0.3) is 0 Å². The predicted octanol–water partition coefficient (Wildman–Crippen LogP) is 1.36. The number of rotatable bonds is 1. The standard InChI is InChI=1S/C5H7N/c1-2-6-5-3-4-5/h2-3H,4H2,1H3. The molecule has 1 rings (SSSR count). The Hall–Kier alpha value is -0.590. The van der Waals surface area contributed by atoms with E-state index in [0.717, 1.165) is 6.42 Å². The second-order valence-corrected chi connectivity index (χ2v) is 1.29. The molecule has 0 saturated carbocycles. The molecule has 0 fully saturated rings. The van der Waals surface area contributed by atoms with Crippen LogP contribution in [0.2, 0.25) is 0 Å². The first kappa shape index (κ1) is 3.59. The fraction of sp³-hybridized carbons (Fsp3) is 0.400. The smallest absolute Gasteiger partial charge is 0.0402 e. The quantitative estimate of drug-likeness (QED) is 0.423. The van der Waals surface area contributed by atoms with Crippen molar-refractivity contribution in [1.82, 2.24) is 0 Å². The molecule has 1 aliphatic rings. The van der Waals surface area contributed by atoms with Crippen molar-refractivity contribution in [2.24, 2.45) is 4.99 Å². The molecule has 0 radical (unpaired) electrons. The molecule has 0 spiro atoms. The van der Waals surface area contributed by atoms with E-state index in [9.17, 15) is 0 Å². The summed E-state index contributed by atoms with van der Waals surface area (Å²) in [6.07, 6.45) is 5.03. The van der Waals surface area contributed by atoms with Crippen molar-refractivity contribution in [1.29, 1.82) is 0 Å². The third kappa shape index (κ3) is 0.677. The zero-order valence-electron chi connectivity index (χ0n) is 3.81. The highest BCUT2D eigenvalue weighted by atomic mass is 14.7. The summed E-state index contributed by atoms with van der Waals surface area (Å²) in [4.78, 5) is 3.97. The van der Waals surface area contributed by atoms with Crippen LogP contribution in [-0.4, -0.2) is 6.21 Å². The van der Waals surface area contributed by atoms with E-state index in [2.05, 4.69) is 11.1 Å². The predicted molar refractivity (Wildman–Crippen MR) is 26.9 cm³/mol. The van der Waals surface area contributed by atoms with E-state index in [1.807, 2.05) is 13.1 Å². The van der Waals surface area contributed by atoms with Crippen molar-refractivity contribution in [3.63, 3.8) is 0 Å². The van der Waals surface area contributed by atoms with Gasteiger partial charge in [0.05, 0.1) is 0 Å². The molecule has 0 unspecified atom stereocenters. The first-order valence-corrected chi connectivity index (χ1v) is 2.11. The van der Waals surface area contributed by atoms with Gasteiger partial charge in [-0.25, -0.2) is 0 Å². The summed E-state index contributed by atoms with van der Waals surface area (Å²) in [6, 6.07) is 0. The molecule has 0 saturated heterocycles. The van der Waals surface area contributed by atoms with Gasteiger partial charge >= 0.3 is 0 Å². The van der Waals surface area contributed by atoms with Crippen LogP contribution < -0.4 is 0 Å². The molecule has 0 aromatic carbocycles. The van der Waals surface area contributed by atoms with Gasteiger partial charge in [0, 0.05) is 18.3 Å². The Morgan fingerprint density at radius 1 is 2.00 bits per heavy atom. The first-order chi connectivity index (χ1) is 2.93. The average molecular weight is 81.1 g/mol. The Bertz CT molecular complexity index is 101. The number of nitrogens with zero attached hydrogens (tertiary/aromatic N) is 1. The van der Waals surface area contributed by atoms with Crippen LogP contribution in [0, 0.1) is 0 Å². The van der Waals surface area contributed by atoms with Crippen LogP contribution in [0.15, 0.2) is 16.8 Å². The van der Waals surface area contributed by atoms with Crippen LogP contribution in [0.3, 0.4) is 0 Å². The summed E-state index contributed by atoms with van der Waals surface area (Å²) < 4.78 is 0. The van der Waals surface area contributed by atoms with Crippen LogP contribution in [-0.2, 0) is 0 Å². The number of aliphatic imine (C=N–C) groups is 1. The van der Waals surface area contributed by atoms with Crippen molar-refractivity contribution >= 4 is 6.21 Å². The maximum Gasteiger partial charge on any atom is 0.0402 e. The molecule has 6 heavy (non-hydrogen) atoms. The topological polar surface area (TPSA) is 12.4 Å². The lowest BCUT2D eigenvalue weighted by atomic mass is 10.7. The Kier molecular flexibility index (Phi) is 0.748. The van der Waals surface area contributed by atoms with Crippen molar-refractivity contribution in [3.05, 3.63) is 11.8 Å². The summed E-state index contributed by atoms with van der Waals surface area (Å²) in [5, 5.41) is 0. The maximum absolute atomic E-state index is 3.97. The van der Waals surface area contributed by atoms with E-state index in [1.54, 1.807) is 0 Å². The molecule has 0 bridgehead atoms. The van der Waals surface area contributed by atoms with Crippen LogP contribution in [0.5, 0.6) is 0 Å². The first-order valence-electron chi connectivity index (χ1n) is 2.11. The normalized spacial score (nSPS) is 18.5. The monoisotopic (exact) mass is 81.1 g/mol. The SMILES string of the molecule is CC=NC1=CC1. The lowest BCUT2D eigenvalue weighted by Gasteiger charge is -1.66. The Morgan fingerprint density at radius 3 is 2.83 bits per heavy atom. The van der Waals surface area contributed by atoms with E-state index in [-0.39, 0.29) is 0 Å². The van der Waals surface area contributed by atoms with E-state index in [1.165, 1.54) is 5.70 Å². The van der Waals surface area contributed by atoms with Gasteiger partial charge in [0.2, 0.25) is 0 Å². The Morgan fingerprint density at radius 2 is 2.67 bits per heavy atom. The van der Waals surface area contributed by atoms with Crippen LogP contribution in [0.1, 0.15) is 13.3 Å². The summed E-state index contributed by atoms with van der Waals surface area (Å²) in [5.41, 5.74) is 1.23. The lowest BCUT2D eigenvalue weighted by Crippen LogP contribution is -1.52. The highest BCUT2D eigenvalue weighted by Gasteiger charge is 2.00. The fourth-order valence-electron chi connectivity index (χ4n) is 0.317. The molecular weight excluding hydrogens is 74.1 g/mol. The summed E-state index contributed by atoms with van der Waals surface area (Å²) in [6.45, 7) is 1.93. The highest BCUT2D eigenvalue weighted by molar-refractivity contribution is 5.56. The molecular formula is C5H7N. The molecule has 1 nitrogen and oxygen atoms in total. The van der Waals surface area contributed by atoms with Gasteiger partial charge in [0.1, 0.15) is 0 Å². The van der Waals surface area contributed by atoms with Gasteiger partial charge in [-0.3, -0.25) is 4.99 Å². The third-order valence-electron chi connectivity index (χ3n) is 0.682. The number of hydrogen-bond donors (Lipinski definition) is 0. The van der Waals surface area contributed by atoms with E-state index in [0.29, 0.717) is 0 Å². The second kappa shape index (κ2) is 1.25. The number of hydrogen-bond acceptors (Lipinski definition) is 1. The largest absolute Gasteiger partial charge is 0.266 e. The van der Waals surface area contributed by atoms with Gasteiger partial charge in [-0.1, -0.05) is 6.08 Å². The lowest BCUT2D eigenvalue weighted by molar-refractivity contribution is 1.40. The minimum absolute atomic E-state index is 1.12. The number of allylic oxidation sites excluding steroid dienone is 2. The van der Waals surface area contributed by atoms with Gasteiger partial charge in [-0.2, -0.15) is 0 Å². The van der Waals surface area contributed by atoms with Gasteiger partial charge in [0.25, 0.3) is 0 Å². The highest BCUT2D eigenvalue weighted by Crippen LogP contribution is 2.17. The minimum Gasteiger partial charge on any atom is -0.266 e. The van der Waals surface area contributed by atoms with Crippen molar-refractivity contribution in [2.75, 3.05) is 0 Å². The molecule has 1 heteroatoms. The maximum atomic E-state index is 3.97. The Labute approximate surface area is 37.4 Å². The second-order valence-electron chi connectivity index (χ2n) is 1.29. The van der Waals surface area contributed by atoms with E-state index < -0.39 is 0 Å². The van der Waals surface area contributed by atoms with Crippen LogP contribution >= 0.6 is 0 Å². The molecule has 0 heterocycles. The van der Waals surface area contributed by atoms with Gasteiger partial charge < -0.3 is 0 Å². The van der Waals surface area contributed by atoms with E-state index >= 15 is 0 Å². The molecule has 0 aromatic heterocycles. The third-order valence-corrected chi connectivity index (χ3v) is 0.682. The average Bonchev–Trinajstić information content (AvgIpc) is 2.21. The fourth-order valence-corrected chi connectivity index (χ4v) is 0.317. The molecule has 1 aliphatic carbocycles. The minimum atomic E-state index is 1.12. The van der Waals surface area contributed by atoms with Gasteiger partial charge in [-0.15, -0.1) is 0 Å². The van der Waals surface area contributed by atoms with Crippen LogP contribution in [0.4, 0.5) is 0 Å². The zero-order chi connectivity index (χ0) is 4.41. The summed E-state index contributed by atoms with van der Waals surface area (Å²) in [5.74, 6) is 0. The van der Waals surface area contributed by atoms with Crippen molar-refractivity contribution in [2.45, 2.75) is 13.3 Å². The molecule has 0 aromatic rings. The molecule has 0 amide bonds. The molecule has 0 atom stereocenters. The summed E-state index contributed by atoms with van der Waals surface area (Å²) >= 11 is 0.